The van der Waals surface area contributed by atoms with Crippen LogP contribution in [0.25, 0.3) is 10.8 Å². The Morgan fingerprint density at radius 2 is 1.91 bits per heavy atom. The molecule has 0 aliphatic carbocycles. The van der Waals surface area contributed by atoms with Crippen LogP contribution >= 0.6 is 0 Å². The van der Waals surface area contributed by atoms with Crippen LogP contribution in [0.4, 0.5) is 0 Å². The molecule has 1 aromatic heterocycles. The Labute approximate surface area is 131 Å². The van der Waals surface area contributed by atoms with E-state index in [1.54, 1.807) is 6.20 Å². The van der Waals surface area contributed by atoms with Gasteiger partial charge in [-0.2, -0.15) is 0 Å². The molecular weight excluding hydrogens is 272 g/mol. The van der Waals surface area contributed by atoms with Crippen molar-refractivity contribution < 1.29 is 4.79 Å². The van der Waals surface area contributed by atoms with Gasteiger partial charge in [-0.05, 0) is 50.2 Å². The van der Waals surface area contributed by atoms with Gasteiger partial charge in [0.05, 0.1) is 0 Å². The van der Waals surface area contributed by atoms with E-state index in [1.807, 2.05) is 30.5 Å². The Hall–Kier alpha value is -1.74. The molecular formula is C19H22N2O. The Bertz CT molecular complexity index is 697. The first-order valence-corrected chi connectivity index (χ1v) is 8.32. The number of carbonyl (C=O) groups is 1. The van der Waals surface area contributed by atoms with Gasteiger partial charge in [-0.15, -0.1) is 0 Å². The molecule has 0 N–H and O–H groups in total. The fourth-order valence-corrected chi connectivity index (χ4v) is 4.30. The molecule has 1 aromatic carbocycles. The molecule has 2 fully saturated rings. The van der Waals surface area contributed by atoms with Crippen molar-refractivity contribution in [3.05, 3.63) is 42.2 Å². The number of benzene rings is 1. The highest BCUT2D eigenvalue weighted by Gasteiger charge is 2.38. The first-order valence-electron chi connectivity index (χ1n) is 8.32. The summed E-state index contributed by atoms with van der Waals surface area (Å²) in [5, 5.41) is 2.20. The van der Waals surface area contributed by atoms with Crippen molar-refractivity contribution in [1.29, 1.82) is 0 Å². The van der Waals surface area contributed by atoms with Crippen molar-refractivity contribution in [2.45, 2.75) is 44.2 Å². The van der Waals surface area contributed by atoms with Gasteiger partial charge in [-0.1, -0.05) is 18.6 Å². The predicted octanol–water partition coefficient (Wildman–Crippen LogP) is 3.68. The lowest BCUT2D eigenvalue weighted by atomic mass is 9.76. The molecule has 2 bridgehead atoms. The first-order chi connectivity index (χ1) is 10.7. The van der Waals surface area contributed by atoms with Gasteiger partial charge >= 0.3 is 0 Å². The molecule has 2 unspecified atom stereocenters. The molecule has 2 aliphatic heterocycles. The molecule has 114 valence electrons. The number of hydrogen-bond acceptors (Lipinski definition) is 3. The number of ketones is 1. The van der Waals surface area contributed by atoms with Gasteiger partial charge in [-0.3, -0.25) is 9.78 Å². The van der Waals surface area contributed by atoms with Crippen LogP contribution in [0, 0.1) is 5.92 Å². The molecule has 0 spiro atoms. The molecule has 0 saturated carbocycles. The van der Waals surface area contributed by atoms with E-state index < -0.39 is 0 Å². The lowest BCUT2D eigenvalue weighted by molar-refractivity contribution is 0.0338. The third-order valence-corrected chi connectivity index (χ3v) is 5.64. The zero-order chi connectivity index (χ0) is 15.1. The smallest absolute Gasteiger partial charge is 0.166 e. The Kier molecular flexibility index (Phi) is 3.45. The van der Waals surface area contributed by atoms with E-state index in [4.69, 9.17) is 0 Å². The molecule has 2 aromatic rings. The molecule has 4 rings (SSSR count). The Morgan fingerprint density at radius 3 is 2.68 bits per heavy atom. The normalized spacial score (nSPS) is 28.7. The number of rotatable bonds is 2. The SMILES string of the molecule is CN1C2CCCC1CC(C(=O)c1ccc3cnccc3c1)C2. The molecule has 22 heavy (non-hydrogen) atoms. The molecule has 0 amide bonds. The van der Waals surface area contributed by atoms with Gasteiger partial charge in [0.25, 0.3) is 0 Å². The largest absolute Gasteiger partial charge is 0.300 e. The van der Waals surface area contributed by atoms with Gasteiger partial charge in [-0.25, -0.2) is 0 Å². The van der Waals surface area contributed by atoms with Crippen molar-refractivity contribution in [3.63, 3.8) is 0 Å². The zero-order valence-electron chi connectivity index (χ0n) is 13.0. The highest BCUT2D eigenvalue weighted by molar-refractivity contribution is 6.01. The van der Waals surface area contributed by atoms with Gasteiger partial charge < -0.3 is 4.90 Å². The van der Waals surface area contributed by atoms with Crippen LogP contribution in [0.3, 0.4) is 0 Å². The second-order valence-corrected chi connectivity index (χ2v) is 6.87. The molecule has 3 heterocycles. The maximum Gasteiger partial charge on any atom is 0.166 e. The maximum absolute atomic E-state index is 12.9. The van der Waals surface area contributed by atoms with Gasteiger partial charge in [0.2, 0.25) is 0 Å². The summed E-state index contributed by atoms with van der Waals surface area (Å²) < 4.78 is 0. The van der Waals surface area contributed by atoms with E-state index in [0.717, 1.165) is 29.2 Å². The fraction of sp³-hybridized carbons (Fsp3) is 0.474. The molecule has 3 nitrogen and oxygen atoms in total. The van der Waals surface area contributed by atoms with Crippen LogP contribution in [0.15, 0.2) is 36.7 Å². The van der Waals surface area contributed by atoms with E-state index in [2.05, 4.69) is 16.9 Å². The van der Waals surface area contributed by atoms with Gasteiger partial charge in [0.1, 0.15) is 0 Å². The van der Waals surface area contributed by atoms with Crippen molar-refractivity contribution in [2.24, 2.45) is 5.92 Å². The third-order valence-electron chi connectivity index (χ3n) is 5.64. The number of carbonyl (C=O) groups excluding carboxylic acids is 1. The topological polar surface area (TPSA) is 33.2 Å². The standard InChI is InChI=1S/C19H22N2O/c1-21-17-3-2-4-18(21)11-16(10-17)19(22)14-5-6-15-12-20-8-7-13(15)9-14/h5-9,12,16-18H,2-4,10-11H2,1H3. The van der Waals surface area contributed by atoms with E-state index in [0.29, 0.717) is 17.9 Å². The second-order valence-electron chi connectivity index (χ2n) is 6.87. The molecule has 2 saturated heterocycles. The number of piperidine rings is 2. The van der Waals surface area contributed by atoms with Crippen LogP contribution in [0.1, 0.15) is 42.5 Å². The Morgan fingerprint density at radius 1 is 1.14 bits per heavy atom. The van der Waals surface area contributed by atoms with E-state index in [-0.39, 0.29) is 5.92 Å². The minimum atomic E-state index is 0.200. The summed E-state index contributed by atoms with van der Waals surface area (Å²) >= 11 is 0. The number of aromatic nitrogens is 1. The average Bonchev–Trinajstić information content (AvgIpc) is 2.53. The summed E-state index contributed by atoms with van der Waals surface area (Å²) in [5.74, 6) is 0.537. The van der Waals surface area contributed by atoms with Crippen molar-refractivity contribution in [2.75, 3.05) is 7.05 Å². The van der Waals surface area contributed by atoms with Crippen LogP contribution in [-0.2, 0) is 0 Å². The number of fused-ring (bicyclic) bond motifs is 3. The minimum absolute atomic E-state index is 0.200. The number of Topliss-reactive ketones (excluding diaryl/α,β-unsaturated/α-hetero) is 1. The van der Waals surface area contributed by atoms with Crippen LogP contribution < -0.4 is 0 Å². The quantitative estimate of drug-likeness (QED) is 0.792. The lowest BCUT2D eigenvalue weighted by Gasteiger charge is -2.46. The summed E-state index contributed by atoms with van der Waals surface area (Å²) in [5.41, 5.74) is 0.867. The lowest BCUT2D eigenvalue weighted by Crippen LogP contribution is -2.51. The molecule has 2 atom stereocenters. The van der Waals surface area contributed by atoms with Gasteiger partial charge in [0.15, 0.2) is 5.78 Å². The molecule has 0 radical (unpaired) electrons. The Balaban J connectivity index is 1.60. The first kappa shape index (κ1) is 13.9. The number of nitrogens with zero attached hydrogens (tertiary/aromatic N) is 2. The predicted molar refractivity (Wildman–Crippen MR) is 88.0 cm³/mol. The summed E-state index contributed by atoms with van der Waals surface area (Å²) in [4.78, 5) is 19.6. The van der Waals surface area contributed by atoms with Crippen molar-refractivity contribution >= 4 is 16.6 Å². The van der Waals surface area contributed by atoms with Crippen LogP contribution in [0.2, 0.25) is 0 Å². The monoisotopic (exact) mass is 294 g/mol. The molecule has 2 aliphatic rings. The fourth-order valence-electron chi connectivity index (χ4n) is 4.30. The van der Waals surface area contributed by atoms with Crippen molar-refractivity contribution in [1.82, 2.24) is 9.88 Å². The van der Waals surface area contributed by atoms with E-state index in [1.165, 1.54) is 19.3 Å². The summed E-state index contributed by atoms with van der Waals surface area (Å²) in [6.45, 7) is 0. The second kappa shape index (κ2) is 5.47. The summed E-state index contributed by atoms with van der Waals surface area (Å²) in [7, 11) is 2.23. The van der Waals surface area contributed by atoms with Crippen LogP contribution in [0.5, 0.6) is 0 Å². The highest BCUT2D eigenvalue weighted by Crippen LogP contribution is 2.37. The van der Waals surface area contributed by atoms with E-state index >= 15 is 0 Å². The minimum Gasteiger partial charge on any atom is -0.300 e. The number of hydrogen-bond donors (Lipinski definition) is 0. The maximum atomic E-state index is 12.9. The summed E-state index contributed by atoms with van der Waals surface area (Å²) in [6, 6.07) is 9.21. The highest BCUT2D eigenvalue weighted by atomic mass is 16.1. The van der Waals surface area contributed by atoms with Crippen molar-refractivity contribution in [3.8, 4) is 0 Å². The summed E-state index contributed by atoms with van der Waals surface area (Å²) in [6.07, 6.45) is 9.52. The average molecular weight is 294 g/mol. The molecule has 3 heteroatoms. The van der Waals surface area contributed by atoms with Gasteiger partial charge in [0, 0.05) is 41.3 Å². The zero-order valence-corrected chi connectivity index (χ0v) is 13.0. The van der Waals surface area contributed by atoms with E-state index in [9.17, 15) is 4.79 Å². The third kappa shape index (κ3) is 2.34. The van der Waals surface area contributed by atoms with Crippen LogP contribution in [-0.4, -0.2) is 34.8 Å². The number of pyridine rings is 1.